The molecule has 1 radical (unpaired) electrons. The molecular weight excluding hydrogens is 385 g/mol. The van der Waals surface area contributed by atoms with E-state index in [4.69, 9.17) is 0 Å². The molecule has 0 aromatic heterocycles. The van der Waals surface area contributed by atoms with E-state index in [1.54, 1.807) is 24.3 Å². The minimum atomic E-state index is -2.72. The molecule has 6 nitrogen and oxygen atoms in total. The molecule has 2 aromatic rings. The van der Waals surface area contributed by atoms with Gasteiger partial charge in [-0.1, -0.05) is 60.7 Å². The third kappa shape index (κ3) is 12.1. The fourth-order valence-electron chi connectivity index (χ4n) is 1.40. The summed E-state index contributed by atoms with van der Waals surface area (Å²) in [6.07, 6.45) is 0. The fourth-order valence-corrected chi connectivity index (χ4v) is 1.91. The summed E-state index contributed by atoms with van der Waals surface area (Å²) < 4.78 is 28.7. The molecule has 0 saturated heterocycles. The van der Waals surface area contributed by atoms with Crippen molar-refractivity contribution in [1.29, 1.82) is 0 Å². The van der Waals surface area contributed by atoms with Crippen molar-refractivity contribution in [1.82, 2.24) is 0 Å². The van der Waals surface area contributed by atoms with Crippen LogP contribution in [-0.4, -0.2) is 0 Å². The van der Waals surface area contributed by atoms with Gasteiger partial charge in [-0.25, -0.2) is 0 Å². The van der Waals surface area contributed by atoms with Crippen molar-refractivity contribution in [2.45, 2.75) is 13.2 Å². The van der Waals surface area contributed by atoms with Crippen molar-refractivity contribution in [3.8, 4) is 0 Å². The molecule has 0 fully saturated rings. The molecule has 0 aliphatic carbocycles. The van der Waals surface area contributed by atoms with E-state index in [1.165, 1.54) is 0 Å². The molecule has 0 N–H and O–H groups in total. The Labute approximate surface area is 146 Å². The maximum atomic E-state index is 9.99. The van der Waals surface area contributed by atoms with Crippen LogP contribution in [0.5, 0.6) is 0 Å². The largest absolute Gasteiger partial charge is 2.00 e. The van der Waals surface area contributed by atoms with Crippen LogP contribution < -0.4 is 9.79 Å². The predicted octanol–water partition coefficient (Wildman–Crippen LogP) is 2.44. The van der Waals surface area contributed by atoms with Gasteiger partial charge in [0.05, 0.1) is 0 Å². The Bertz CT molecular complexity index is 529. The van der Waals surface area contributed by atoms with Crippen molar-refractivity contribution in [3.05, 3.63) is 71.8 Å². The van der Waals surface area contributed by atoms with Crippen molar-refractivity contribution in [2.75, 3.05) is 0 Å². The average molecular weight is 399 g/mol. The van der Waals surface area contributed by atoms with E-state index in [9.17, 15) is 18.9 Å². The molecule has 0 spiro atoms. The van der Waals surface area contributed by atoms with Crippen LogP contribution in [0.2, 0.25) is 0 Å². The normalized spacial score (nSPS) is 10.7. The Morgan fingerprint density at radius 3 is 1.26 bits per heavy atom. The van der Waals surface area contributed by atoms with Crippen LogP contribution in [0.4, 0.5) is 0 Å². The zero-order valence-corrected chi connectivity index (χ0v) is 14.7. The second-order valence-electron chi connectivity index (χ2n) is 3.97. The van der Waals surface area contributed by atoms with E-state index >= 15 is 0 Å². The summed E-state index contributed by atoms with van der Waals surface area (Å²) in [4.78, 5) is 20.0. The molecule has 0 amide bonds. The van der Waals surface area contributed by atoms with Crippen LogP contribution >= 0.6 is 16.5 Å². The first-order chi connectivity index (χ1) is 10.6. The average Bonchev–Trinajstić information content (AvgIpc) is 2.53. The summed E-state index contributed by atoms with van der Waals surface area (Å²) in [5, 5.41) is 0. The van der Waals surface area contributed by atoms with Crippen LogP contribution in [-0.2, 0) is 48.2 Å². The van der Waals surface area contributed by atoms with Crippen molar-refractivity contribution in [3.63, 3.8) is 0 Å². The van der Waals surface area contributed by atoms with E-state index in [0.717, 1.165) is 11.1 Å². The zero-order chi connectivity index (χ0) is 16.2. The van der Waals surface area contributed by atoms with E-state index < -0.39 is 16.5 Å². The molecule has 2 unspecified atom stereocenters. The smallest absolute Gasteiger partial charge is 0.566 e. The molecule has 123 valence electrons. The first-order valence-electron chi connectivity index (χ1n) is 6.20. The Balaban J connectivity index is 0.000000403. The first-order valence-corrected chi connectivity index (χ1v) is 8.39. The number of rotatable bonds is 6. The SMILES string of the molecule is O=[P+]([O-])OCc1ccccc1.O=[P+]([O-])OCc1ccccc1.[Co+2]. The van der Waals surface area contributed by atoms with Gasteiger partial charge in [-0.2, -0.15) is 0 Å². The molecule has 9 heteroatoms. The van der Waals surface area contributed by atoms with Gasteiger partial charge in [-0.15, -0.1) is 9.05 Å². The minimum Gasteiger partial charge on any atom is -0.566 e. The Morgan fingerprint density at radius 2 is 1.00 bits per heavy atom. The molecule has 23 heavy (non-hydrogen) atoms. The number of hydrogen-bond acceptors (Lipinski definition) is 6. The second-order valence-corrected chi connectivity index (χ2v) is 5.38. The number of hydrogen-bond donors (Lipinski definition) is 0. The fraction of sp³-hybridized carbons (Fsp3) is 0.143. The van der Waals surface area contributed by atoms with Crippen LogP contribution in [0.1, 0.15) is 11.1 Å². The quantitative estimate of drug-likeness (QED) is 0.692. The van der Waals surface area contributed by atoms with Crippen molar-refractivity contribution < 1.29 is 44.7 Å². The van der Waals surface area contributed by atoms with Gasteiger partial charge < -0.3 is 9.79 Å². The van der Waals surface area contributed by atoms with E-state index in [2.05, 4.69) is 9.05 Å². The van der Waals surface area contributed by atoms with Gasteiger partial charge >= 0.3 is 33.3 Å². The van der Waals surface area contributed by atoms with Gasteiger partial charge in [0.15, 0.2) is 0 Å². The Morgan fingerprint density at radius 1 is 0.696 bits per heavy atom. The molecule has 0 bridgehead atoms. The van der Waals surface area contributed by atoms with Gasteiger partial charge in [0.2, 0.25) is 0 Å². The van der Waals surface area contributed by atoms with Gasteiger partial charge in [0.1, 0.15) is 13.2 Å². The van der Waals surface area contributed by atoms with Crippen molar-refractivity contribution >= 4 is 16.5 Å². The second kappa shape index (κ2) is 13.4. The Hall–Kier alpha value is -1.01. The van der Waals surface area contributed by atoms with E-state index in [-0.39, 0.29) is 30.0 Å². The predicted molar refractivity (Wildman–Crippen MR) is 77.7 cm³/mol. The minimum absolute atomic E-state index is 0. The standard InChI is InChI=1S/2C7H7O3P.Co/c2*8-11(9)10-6-7-4-2-1-3-5-7;/h2*1-5H,6H2;/q;;+2. The van der Waals surface area contributed by atoms with Crippen LogP contribution in [0.15, 0.2) is 60.7 Å². The topological polar surface area (TPSA) is 98.7 Å². The van der Waals surface area contributed by atoms with E-state index in [0.29, 0.717) is 0 Å². The van der Waals surface area contributed by atoms with Gasteiger partial charge in [0.25, 0.3) is 0 Å². The summed E-state index contributed by atoms with van der Waals surface area (Å²) in [7, 11) is -5.45. The molecule has 0 heterocycles. The van der Waals surface area contributed by atoms with Crippen LogP contribution in [0, 0.1) is 0 Å². The Kier molecular flexibility index (Phi) is 12.8. The molecule has 2 atom stereocenters. The monoisotopic (exact) mass is 399 g/mol. The molecule has 0 saturated carbocycles. The zero-order valence-electron chi connectivity index (χ0n) is 11.9. The van der Waals surface area contributed by atoms with Crippen LogP contribution in [0.3, 0.4) is 0 Å². The van der Waals surface area contributed by atoms with Gasteiger partial charge in [-0.3, -0.25) is 0 Å². The van der Waals surface area contributed by atoms with E-state index in [1.807, 2.05) is 36.4 Å². The van der Waals surface area contributed by atoms with Gasteiger partial charge in [0, 0.05) is 0 Å². The summed E-state index contributed by atoms with van der Waals surface area (Å²) in [6.45, 7) is 0.249. The molecular formula is C14H14CoO6P2+2. The third-order valence-electron chi connectivity index (χ3n) is 2.36. The molecule has 0 aliphatic rings. The molecule has 0 aliphatic heterocycles. The summed E-state index contributed by atoms with van der Waals surface area (Å²) >= 11 is 0. The summed E-state index contributed by atoms with van der Waals surface area (Å²) in [5.41, 5.74) is 1.71. The molecule has 2 rings (SSSR count). The summed E-state index contributed by atoms with van der Waals surface area (Å²) in [5.74, 6) is 0. The maximum Gasteiger partial charge on any atom is 2.00 e. The maximum absolute atomic E-state index is 9.99. The third-order valence-corrected chi connectivity index (χ3v) is 3.04. The number of benzene rings is 2. The van der Waals surface area contributed by atoms with Crippen LogP contribution in [0.25, 0.3) is 0 Å². The first kappa shape index (κ1) is 22.0. The van der Waals surface area contributed by atoms with Gasteiger partial charge in [-0.05, 0) is 20.3 Å². The molecule has 2 aromatic carbocycles. The summed E-state index contributed by atoms with van der Waals surface area (Å²) in [6, 6.07) is 18.3. The van der Waals surface area contributed by atoms with Crippen molar-refractivity contribution in [2.24, 2.45) is 0 Å².